The molecule has 1 aliphatic heterocycles. The summed E-state index contributed by atoms with van der Waals surface area (Å²) >= 11 is 2.96. The molecule has 0 aromatic heterocycles. The third-order valence-corrected chi connectivity index (χ3v) is 5.45. The summed E-state index contributed by atoms with van der Waals surface area (Å²) in [5.74, 6) is 1.77. The van der Waals surface area contributed by atoms with Crippen LogP contribution in [0.2, 0.25) is 0 Å². The van der Waals surface area contributed by atoms with Gasteiger partial charge in [0.1, 0.15) is 28.5 Å². The molecule has 0 aliphatic carbocycles. The van der Waals surface area contributed by atoms with E-state index >= 15 is 0 Å². The van der Waals surface area contributed by atoms with Gasteiger partial charge in [-0.1, -0.05) is 18.7 Å². The molecule has 22 heavy (non-hydrogen) atoms. The highest BCUT2D eigenvalue weighted by Crippen LogP contribution is 2.46. The molecule has 7 heteroatoms. The number of rotatable bonds is 5. The molecule has 0 spiro atoms. The van der Waals surface area contributed by atoms with E-state index in [4.69, 9.17) is 14.7 Å². The molecule has 1 N–H and O–H groups in total. The zero-order valence-corrected chi connectivity index (χ0v) is 14.1. The second-order valence-corrected chi connectivity index (χ2v) is 6.93. The van der Waals surface area contributed by atoms with Gasteiger partial charge < -0.3 is 14.8 Å². The van der Waals surface area contributed by atoms with Crippen molar-refractivity contribution in [2.24, 2.45) is 0 Å². The number of nitriles is 1. The van der Waals surface area contributed by atoms with Crippen LogP contribution in [0.25, 0.3) is 0 Å². The van der Waals surface area contributed by atoms with E-state index in [-0.39, 0.29) is 16.9 Å². The molecular weight excluding hydrogens is 320 g/mol. The summed E-state index contributed by atoms with van der Waals surface area (Å²) in [6.07, 6.45) is 0. The number of amides is 1. The van der Waals surface area contributed by atoms with E-state index in [1.807, 2.05) is 25.1 Å². The quantitative estimate of drug-likeness (QED) is 0.891. The average Bonchev–Trinajstić information content (AvgIpc) is 2.54. The number of hydrogen-bond donors (Lipinski definition) is 1. The molecule has 0 saturated carbocycles. The fraction of sp³-hybridized carbons (Fsp3) is 0.333. The van der Waals surface area contributed by atoms with Crippen molar-refractivity contribution in [3.05, 3.63) is 33.6 Å². The van der Waals surface area contributed by atoms with Crippen LogP contribution in [0.4, 0.5) is 0 Å². The number of nitrogens with one attached hydrogen (secondary N) is 1. The molecule has 1 aliphatic rings. The van der Waals surface area contributed by atoms with Gasteiger partial charge in [0, 0.05) is 11.6 Å². The number of carbonyl (C=O) groups is 1. The topological polar surface area (TPSA) is 71.4 Å². The normalized spacial score (nSPS) is 17.7. The summed E-state index contributed by atoms with van der Waals surface area (Å²) in [5, 5.41) is 11.7. The van der Waals surface area contributed by atoms with Gasteiger partial charge in [-0.25, -0.2) is 0 Å². The summed E-state index contributed by atoms with van der Waals surface area (Å²) in [6.45, 7) is 1.99. The Bertz CT molecular complexity index is 653. The van der Waals surface area contributed by atoms with Crippen LogP contribution in [0.5, 0.6) is 11.5 Å². The summed E-state index contributed by atoms with van der Waals surface area (Å²) in [5.41, 5.74) is 1.02. The monoisotopic (exact) mass is 336 g/mol. The molecule has 0 radical (unpaired) electrons. The Morgan fingerprint density at radius 1 is 1.41 bits per heavy atom. The highest BCUT2D eigenvalue weighted by atomic mass is 32.2. The predicted octanol–water partition coefficient (Wildman–Crippen LogP) is 3.05. The average molecular weight is 336 g/mol. The minimum atomic E-state index is -0.347. The largest absolute Gasteiger partial charge is 0.497 e. The van der Waals surface area contributed by atoms with E-state index in [1.54, 1.807) is 20.3 Å². The van der Waals surface area contributed by atoms with Gasteiger partial charge in [0.2, 0.25) is 0 Å². The lowest BCUT2D eigenvalue weighted by atomic mass is 10.1. The molecule has 1 heterocycles. The van der Waals surface area contributed by atoms with Crippen molar-refractivity contribution in [1.29, 1.82) is 5.26 Å². The fourth-order valence-electron chi connectivity index (χ4n) is 1.99. The van der Waals surface area contributed by atoms with Crippen molar-refractivity contribution in [1.82, 2.24) is 5.32 Å². The van der Waals surface area contributed by atoms with E-state index in [9.17, 15) is 4.79 Å². The van der Waals surface area contributed by atoms with E-state index in [2.05, 4.69) is 5.32 Å². The summed E-state index contributed by atoms with van der Waals surface area (Å²) in [6, 6.07) is 7.44. The number of hydrogen-bond acceptors (Lipinski definition) is 6. The highest BCUT2D eigenvalue weighted by Gasteiger charge is 2.30. The van der Waals surface area contributed by atoms with Gasteiger partial charge >= 0.3 is 0 Å². The summed E-state index contributed by atoms with van der Waals surface area (Å²) < 4.78 is 11.3. The second-order valence-electron chi connectivity index (χ2n) is 4.29. The number of methoxy groups -OCH3 is 2. The van der Waals surface area contributed by atoms with Gasteiger partial charge in [-0.3, -0.25) is 4.79 Å². The standard InChI is InChI=1S/C15H16N2O3S2/c1-4-21-15-11(8-16)13(18)17-14(22-15)10-6-5-9(19-2)7-12(10)20-3/h5-7,14H,4H2,1-3H3,(H,17,18)/t14-/m1/s1. The smallest absolute Gasteiger partial charge is 0.264 e. The molecular formula is C15H16N2O3S2. The van der Waals surface area contributed by atoms with Gasteiger partial charge in [0.15, 0.2) is 0 Å². The van der Waals surface area contributed by atoms with E-state index in [1.165, 1.54) is 23.5 Å². The summed E-state index contributed by atoms with van der Waals surface area (Å²) in [4.78, 5) is 12.1. The molecule has 0 bridgehead atoms. The third kappa shape index (κ3) is 3.34. The lowest BCUT2D eigenvalue weighted by molar-refractivity contribution is -0.117. The molecule has 0 unspecified atom stereocenters. The Hall–Kier alpha value is -1.78. The van der Waals surface area contributed by atoms with Gasteiger partial charge in [-0.15, -0.1) is 11.8 Å². The first-order valence-corrected chi connectivity index (χ1v) is 8.47. The Labute approximate surface area is 138 Å². The maximum atomic E-state index is 12.1. The van der Waals surface area contributed by atoms with Crippen LogP contribution in [0.1, 0.15) is 17.9 Å². The lowest BCUT2D eigenvalue weighted by Crippen LogP contribution is -2.31. The first-order valence-electron chi connectivity index (χ1n) is 6.61. The number of thioether (sulfide) groups is 2. The van der Waals surface area contributed by atoms with Crippen LogP contribution in [-0.2, 0) is 4.79 Å². The molecule has 1 aromatic carbocycles. The summed E-state index contributed by atoms with van der Waals surface area (Å²) in [7, 11) is 3.16. The van der Waals surface area contributed by atoms with Crippen molar-refractivity contribution < 1.29 is 14.3 Å². The van der Waals surface area contributed by atoms with Crippen molar-refractivity contribution in [2.45, 2.75) is 12.3 Å². The fourth-order valence-corrected chi connectivity index (χ4v) is 4.41. The molecule has 2 rings (SSSR count). The minimum Gasteiger partial charge on any atom is -0.497 e. The number of carbonyl (C=O) groups excluding carboxylic acids is 1. The van der Waals surface area contributed by atoms with Crippen molar-refractivity contribution >= 4 is 29.4 Å². The minimum absolute atomic E-state index is 0.181. The Balaban J connectivity index is 2.37. The zero-order chi connectivity index (χ0) is 16.1. The number of nitrogens with zero attached hydrogens (tertiary/aromatic N) is 1. The maximum absolute atomic E-state index is 12.1. The Kier molecular flexibility index (Phi) is 5.63. The first-order chi connectivity index (χ1) is 10.6. The van der Waals surface area contributed by atoms with Crippen LogP contribution in [0, 0.1) is 11.3 Å². The highest BCUT2D eigenvalue weighted by molar-refractivity contribution is 8.22. The molecule has 1 amide bonds. The predicted molar refractivity (Wildman–Crippen MR) is 88.8 cm³/mol. The molecule has 116 valence electrons. The van der Waals surface area contributed by atoms with Crippen LogP contribution >= 0.6 is 23.5 Å². The molecule has 1 aromatic rings. The Morgan fingerprint density at radius 3 is 2.77 bits per heavy atom. The van der Waals surface area contributed by atoms with Gasteiger partial charge in [-0.05, 0) is 17.9 Å². The zero-order valence-electron chi connectivity index (χ0n) is 12.5. The number of benzene rings is 1. The third-order valence-electron chi connectivity index (χ3n) is 3.03. The number of ether oxygens (including phenoxy) is 2. The lowest BCUT2D eigenvalue weighted by Gasteiger charge is -2.26. The van der Waals surface area contributed by atoms with E-state index in [0.717, 1.165) is 15.6 Å². The van der Waals surface area contributed by atoms with Gasteiger partial charge in [-0.2, -0.15) is 5.26 Å². The first kappa shape index (κ1) is 16.6. The molecule has 1 atom stereocenters. The van der Waals surface area contributed by atoms with Crippen LogP contribution in [0.15, 0.2) is 28.0 Å². The van der Waals surface area contributed by atoms with Crippen molar-refractivity contribution in [3.8, 4) is 17.6 Å². The van der Waals surface area contributed by atoms with Gasteiger partial charge in [0.25, 0.3) is 5.91 Å². The SMILES string of the molecule is CCSC1=C(C#N)C(=O)N[C@@H](c2ccc(OC)cc2OC)S1. The second kappa shape index (κ2) is 7.47. The maximum Gasteiger partial charge on any atom is 0.264 e. The Morgan fingerprint density at radius 2 is 2.18 bits per heavy atom. The van der Waals surface area contributed by atoms with Crippen LogP contribution in [-0.4, -0.2) is 25.9 Å². The van der Waals surface area contributed by atoms with Crippen molar-refractivity contribution in [2.75, 3.05) is 20.0 Å². The van der Waals surface area contributed by atoms with Crippen LogP contribution < -0.4 is 14.8 Å². The van der Waals surface area contributed by atoms with E-state index in [0.29, 0.717) is 11.5 Å². The molecule has 0 saturated heterocycles. The van der Waals surface area contributed by atoms with Crippen molar-refractivity contribution in [3.63, 3.8) is 0 Å². The molecule has 0 fully saturated rings. The van der Waals surface area contributed by atoms with E-state index < -0.39 is 0 Å². The van der Waals surface area contributed by atoms with Crippen LogP contribution in [0.3, 0.4) is 0 Å². The molecule has 5 nitrogen and oxygen atoms in total. The van der Waals surface area contributed by atoms with Gasteiger partial charge in [0.05, 0.1) is 18.5 Å².